The molecule has 0 amide bonds. The van der Waals surface area contributed by atoms with Crippen LogP contribution in [0.4, 0.5) is 0 Å². The maximum absolute atomic E-state index is 11.5. The normalized spacial score (nSPS) is 11.2. The van der Waals surface area contributed by atoms with Gasteiger partial charge in [-0.3, -0.25) is 0 Å². The van der Waals surface area contributed by atoms with Gasteiger partial charge in [0.2, 0.25) is 0 Å². The van der Waals surface area contributed by atoms with E-state index in [-0.39, 0.29) is 0 Å². The van der Waals surface area contributed by atoms with Crippen LogP contribution >= 0.6 is 0 Å². The predicted octanol–water partition coefficient (Wildman–Crippen LogP) is 3.72. The Bertz CT molecular complexity index is 351. The number of carbonyl (C=O) groups is 2. The lowest BCUT2D eigenvalue weighted by Gasteiger charge is -2.16. The van der Waals surface area contributed by atoms with Gasteiger partial charge in [0.1, 0.15) is 6.61 Å². The van der Waals surface area contributed by atoms with E-state index >= 15 is 0 Å². The number of esters is 2. The smallest absolute Gasteiger partial charge is 0.331 e. The van der Waals surface area contributed by atoms with Gasteiger partial charge in [0.05, 0.1) is 6.61 Å². The lowest BCUT2D eigenvalue weighted by atomic mass is 10.1. The number of hydrogen-bond donors (Lipinski definition) is 0. The van der Waals surface area contributed by atoms with Crippen LogP contribution in [-0.4, -0.2) is 49.7 Å². The molecule has 0 aliphatic carbocycles. The van der Waals surface area contributed by atoms with Crippen molar-refractivity contribution in [2.24, 2.45) is 0 Å². The van der Waals surface area contributed by atoms with Crippen LogP contribution < -0.4 is 0 Å². The number of ether oxygens (including phenoxy) is 2. The minimum atomic E-state index is -0.505. The third kappa shape index (κ3) is 14.2. The lowest BCUT2D eigenvalue weighted by molar-refractivity contribution is -0.140. The minimum Gasteiger partial charge on any atom is -0.463 e. The molecule has 0 aromatic carbocycles. The molecule has 0 N–H and O–H groups in total. The Kier molecular flexibility index (Phi) is 15.6. The Labute approximate surface area is 147 Å². The fourth-order valence-corrected chi connectivity index (χ4v) is 2.28. The van der Waals surface area contributed by atoms with E-state index in [1.54, 1.807) is 0 Å². The van der Waals surface area contributed by atoms with E-state index in [9.17, 15) is 9.59 Å². The quantitative estimate of drug-likeness (QED) is 0.258. The van der Waals surface area contributed by atoms with Crippen molar-refractivity contribution in [1.29, 1.82) is 0 Å². The highest BCUT2D eigenvalue weighted by Crippen LogP contribution is 2.06. The molecule has 0 aromatic heterocycles. The Hall–Kier alpha value is -1.36. The van der Waals surface area contributed by atoms with E-state index in [2.05, 4.69) is 25.7 Å². The first-order valence-electron chi connectivity index (χ1n) is 9.37. The van der Waals surface area contributed by atoms with Crippen LogP contribution in [0, 0.1) is 0 Å². The Morgan fingerprint density at radius 3 is 1.79 bits per heavy atom. The van der Waals surface area contributed by atoms with Gasteiger partial charge in [-0.1, -0.05) is 59.3 Å². The zero-order chi connectivity index (χ0) is 18.0. The zero-order valence-corrected chi connectivity index (χ0v) is 15.7. The molecule has 0 bridgehead atoms. The van der Waals surface area contributed by atoms with Gasteiger partial charge >= 0.3 is 11.9 Å². The number of likely N-dealkylation sites (N-methyl/N-ethyl adjacent to an activating group) is 1. The van der Waals surface area contributed by atoms with Crippen molar-refractivity contribution in [3.05, 3.63) is 12.2 Å². The van der Waals surface area contributed by atoms with E-state index < -0.39 is 11.9 Å². The first kappa shape index (κ1) is 22.6. The second kappa shape index (κ2) is 16.5. The van der Waals surface area contributed by atoms with Crippen molar-refractivity contribution < 1.29 is 19.1 Å². The van der Waals surface area contributed by atoms with Crippen molar-refractivity contribution in [3.8, 4) is 0 Å². The Morgan fingerprint density at radius 2 is 1.25 bits per heavy atom. The Morgan fingerprint density at radius 1 is 0.750 bits per heavy atom. The van der Waals surface area contributed by atoms with E-state index in [1.807, 2.05) is 0 Å². The SMILES string of the molecule is CCCCCCCCCOC(=O)/C=C/C(=O)OCCN(CC)CC. The molecule has 0 radical (unpaired) electrons. The molecular formula is C19H35NO4. The maximum atomic E-state index is 11.5. The van der Waals surface area contributed by atoms with Gasteiger partial charge in [-0.25, -0.2) is 9.59 Å². The lowest BCUT2D eigenvalue weighted by Crippen LogP contribution is -2.27. The number of nitrogens with zero attached hydrogens (tertiary/aromatic N) is 1. The Balaban J connectivity index is 3.60. The van der Waals surface area contributed by atoms with Crippen molar-refractivity contribution in [3.63, 3.8) is 0 Å². The van der Waals surface area contributed by atoms with Gasteiger partial charge in [-0.15, -0.1) is 0 Å². The first-order valence-corrected chi connectivity index (χ1v) is 9.37. The van der Waals surface area contributed by atoms with E-state index in [0.29, 0.717) is 19.8 Å². The van der Waals surface area contributed by atoms with Crippen LogP contribution in [0.3, 0.4) is 0 Å². The van der Waals surface area contributed by atoms with E-state index in [1.165, 1.54) is 32.1 Å². The summed E-state index contributed by atoms with van der Waals surface area (Å²) in [7, 11) is 0. The van der Waals surface area contributed by atoms with Crippen molar-refractivity contribution >= 4 is 11.9 Å². The molecule has 0 fully saturated rings. The summed E-state index contributed by atoms with van der Waals surface area (Å²) in [5, 5.41) is 0. The average Bonchev–Trinajstić information content (AvgIpc) is 2.59. The second-order valence-electron chi connectivity index (χ2n) is 5.82. The van der Waals surface area contributed by atoms with Crippen LogP contribution in [0.25, 0.3) is 0 Å². The second-order valence-corrected chi connectivity index (χ2v) is 5.82. The molecule has 140 valence electrons. The molecule has 0 saturated heterocycles. The summed E-state index contributed by atoms with van der Waals surface area (Å²) in [6.45, 7) is 9.62. The van der Waals surface area contributed by atoms with Gasteiger partial charge in [0, 0.05) is 18.7 Å². The molecule has 0 aliphatic rings. The monoisotopic (exact) mass is 341 g/mol. The van der Waals surface area contributed by atoms with Crippen molar-refractivity contribution in [1.82, 2.24) is 4.90 Å². The summed E-state index contributed by atoms with van der Waals surface area (Å²) >= 11 is 0. The van der Waals surface area contributed by atoms with Gasteiger partial charge in [-0.05, 0) is 19.5 Å². The van der Waals surface area contributed by atoms with Crippen LogP contribution in [-0.2, 0) is 19.1 Å². The summed E-state index contributed by atoms with van der Waals surface area (Å²) in [5.41, 5.74) is 0. The molecule has 0 rings (SSSR count). The summed E-state index contributed by atoms with van der Waals surface area (Å²) < 4.78 is 10.1. The van der Waals surface area contributed by atoms with Crippen molar-refractivity contribution in [2.45, 2.75) is 65.7 Å². The molecule has 0 atom stereocenters. The summed E-state index contributed by atoms with van der Waals surface area (Å²) in [6, 6.07) is 0. The largest absolute Gasteiger partial charge is 0.463 e. The molecule has 0 saturated carbocycles. The topological polar surface area (TPSA) is 55.8 Å². The molecule has 0 aromatic rings. The summed E-state index contributed by atoms with van der Waals surface area (Å²) in [6.07, 6.45) is 10.5. The molecule has 0 aliphatic heterocycles. The van der Waals surface area contributed by atoms with Gasteiger partial charge in [-0.2, -0.15) is 0 Å². The van der Waals surface area contributed by atoms with Crippen LogP contribution in [0.5, 0.6) is 0 Å². The summed E-state index contributed by atoms with van der Waals surface area (Å²) in [4.78, 5) is 25.1. The predicted molar refractivity (Wildman–Crippen MR) is 96.8 cm³/mol. The van der Waals surface area contributed by atoms with Crippen molar-refractivity contribution in [2.75, 3.05) is 32.8 Å². The fraction of sp³-hybridized carbons (Fsp3) is 0.789. The highest BCUT2D eigenvalue weighted by Gasteiger charge is 2.03. The standard InChI is InChI=1S/C19H35NO4/c1-4-7-8-9-10-11-12-16-23-18(21)13-14-19(22)24-17-15-20(5-2)6-3/h13-14H,4-12,15-17H2,1-3H3/b14-13+. The molecular weight excluding hydrogens is 306 g/mol. The highest BCUT2D eigenvalue weighted by atomic mass is 16.5. The van der Waals surface area contributed by atoms with Crippen LogP contribution in [0.2, 0.25) is 0 Å². The zero-order valence-electron chi connectivity index (χ0n) is 15.7. The molecule has 0 heterocycles. The highest BCUT2D eigenvalue weighted by molar-refractivity contribution is 5.91. The van der Waals surface area contributed by atoms with Gasteiger partial charge < -0.3 is 14.4 Å². The molecule has 0 unspecified atom stereocenters. The van der Waals surface area contributed by atoms with E-state index in [4.69, 9.17) is 9.47 Å². The van der Waals surface area contributed by atoms with E-state index in [0.717, 1.165) is 38.1 Å². The van der Waals surface area contributed by atoms with Crippen LogP contribution in [0.1, 0.15) is 65.7 Å². The average molecular weight is 341 g/mol. The fourth-order valence-electron chi connectivity index (χ4n) is 2.28. The number of hydrogen-bond acceptors (Lipinski definition) is 5. The first-order chi connectivity index (χ1) is 11.6. The van der Waals surface area contributed by atoms with Gasteiger partial charge in [0.15, 0.2) is 0 Å². The van der Waals surface area contributed by atoms with Crippen LogP contribution in [0.15, 0.2) is 12.2 Å². The summed E-state index contributed by atoms with van der Waals surface area (Å²) in [5.74, 6) is -0.989. The minimum absolute atomic E-state index is 0.331. The molecule has 5 nitrogen and oxygen atoms in total. The van der Waals surface area contributed by atoms with Gasteiger partial charge in [0.25, 0.3) is 0 Å². The molecule has 5 heteroatoms. The molecule has 24 heavy (non-hydrogen) atoms. The third-order valence-corrected chi connectivity index (χ3v) is 3.89. The number of carbonyl (C=O) groups excluding carboxylic acids is 2. The number of unbranched alkanes of at least 4 members (excludes halogenated alkanes) is 6. The maximum Gasteiger partial charge on any atom is 0.331 e. The number of rotatable bonds is 15. The molecule has 0 spiro atoms. The third-order valence-electron chi connectivity index (χ3n) is 3.89.